The Kier molecular flexibility index (Phi) is 5.56. The molecule has 1 amide bonds. The van der Waals surface area contributed by atoms with Crippen LogP contribution >= 0.6 is 12.6 Å². The Labute approximate surface area is 140 Å². The summed E-state index contributed by atoms with van der Waals surface area (Å²) in [5.41, 5.74) is 5.90. The van der Waals surface area contributed by atoms with E-state index < -0.39 is 23.3 Å². The van der Waals surface area contributed by atoms with E-state index in [2.05, 4.69) is 17.9 Å². The first-order valence-corrected chi connectivity index (χ1v) is 7.99. The summed E-state index contributed by atoms with van der Waals surface area (Å²) in [6, 6.07) is 6.43. The van der Waals surface area contributed by atoms with Crippen LogP contribution in [0.1, 0.15) is 12.0 Å². The molecule has 6 nitrogen and oxygen atoms in total. The van der Waals surface area contributed by atoms with Gasteiger partial charge in [0.2, 0.25) is 6.29 Å². The summed E-state index contributed by atoms with van der Waals surface area (Å²) < 4.78 is 0. The quantitative estimate of drug-likeness (QED) is 0.497. The molecule has 2 unspecified atom stereocenters. The molecule has 1 aliphatic heterocycles. The maximum Gasteiger partial charge on any atom is 0.255 e. The van der Waals surface area contributed by atoms with Gasteiger partial charge in [0.25, 0.3) is 5.91 Å². The molecule has 0 aliphatic carbocycles. The summed E-state index contributed by atoms with van der Waals surface area (Å²) in [6.07, 6.45) is 2.54. The molecule has 2 rings (SSSR count). The highest BCUT2D eigenvalue weighted by Crippen LogP contribution is 2.32. The van der Waals surface area contributed by atoms with Crippen molar-refractivity contribution in [3.63, 3.8) is 0 Å². The highest BCUT2D eigenvalue weighted by atomic mass is 32.1. The molecule has 1 aromatic carbocycles. The number of carbonyl (C=O) groups is 2. The summed E-state index contributed by atoms with van der Waals surface area (Å²) >= 11 is 4.06. The fourth-order valence-corrected chi connectivity index (χ4v) is 3.12. The number of aryl methyl sites for hydroxylation is 1. The third-order valence-electron chi connectivity index (χ3n) is 4.27. The summed E-state index contributed by atoms with van der Waals surface area (Å²) in [5, 5.41) is 2.86. The highest BCUT2D eigenvalue weighted by molar-refractivity contribution is 7.80. The molecule has 1 heterocycles. The van der Waals surface area contributed by atoms with Gasteiger partial charge in [0, 0.05) is 11.4 Å². The van der Waals surface area contributed by atoms with Crippen LogP contribution in [0.5, 0.6) is 0 Å². The van der Waals surface area contributed by atoms with Crippen molar-refractivity contribution in [1.29, 1.82) is 0 Å². The lowest BCUT2D eigenvalue weighted by molar-refractivity contribution is -0.136. The van der Waals surface area contributed by atoms with Crippen LogP contribution in [0.3, 0.4) is 0 Å². The highest BCUT2D eigenvalue weighted by Gasteiger charge is 2.49. The fourth-order valence-electron chi connectivity index (χ4n) is 2.96. The Morgan fingerprint density at radius 2 is 2.22 bits per heavy atom. The zero-order valence-corrected chi connectivity index (χ0v) is 13.8. The topological polar surface area (TPSA) is 92.5 Å². The average molecular weight is 334 g/mol. The van der Waals surface area contributed by atoms with Crippen LogP contribution in [0.4, 0.5) is 5.69 Å². The first-order chi connectivity index (χ1) is 11.0. The standard InChI is InChI=1S/C16H20N3O3S/c1-18-16(14(21)12(17)10-23)7-6-11-4-2-3-5-13(11)19(8-9-20)15(16)22/h2-5,12,18,23H,6-8,10,17H2,1H3. The maximum atomic E-state index is 13.1. The number of nitrogens with one attached hydrogen (secondary N) is 1. The molecule has 0 saturated heterocycles. The monoisotopic (exact) mass is 334 g/mol. The van der Waals surface area contributed by atoms with Crippen molar-refractivity contribution in [2.75, 3.05) is 24.2 Å². The number of amides is 1. The Bertz CT molecular complexity index is 622. The van der Waals surface area contributed by atoms with E-state index in [1.165, 1.54) is 4.90 Å². The fraction of sp³-hybridized carbons (Fsp3) is 0.438. The number of carbonyl (C=O) groups excluding carboxylic acids is 3. The average Bonchev–Trinajstić information content (AvgIpc) is 2.70. The number of anilines is 1. The predicted molar refractivity (Wildman–Crippen MR) is 91.4 cm³/mol. The van der Waals surface area contributed by atoms with Crippen LogP contribution in [0.25, 0.3) is 0 Å². The molecule has 0 aromatic heterocycles. The van der Waals surface area contributed by atoms with Crippen LogP contribution in [0.15, 0.2) is 24.3 Å². The number of thiol groups is 1. The second kappa shape index (κ2) is 7.25. The Balaban J connectivity index is 2.54. The summed E-state index contributed by atoms with van der Waals surface area (Å²) in [5.74, 6) is -0.748. The van der Waals surface area contributed by atoms with E-state index in [4.69, 9.17) is 5.73 Å². The van der Waals surface area contributed by atoms with Crippen LogP contribution in [-0.2, 0) is 20.8 Å². The molecule has 1 radical (unpaired) electrons. The summed E-state index contributed by atoms with van der Waals surface area (Å²) in [4.78, 5) is 38.1. The normalized spacial score (nSPS) is 22.2. The third kappa shape index (κ3) is 3.04. The molecule has 1 aliphatic rings. The van der Waals surface area contributed by atoms with Crippen LogP contribution < -0.4 is 16.0 Å². The molecule has 1 aromatic rings. The van der Waals surface area contributed by atoms with Crippen molar-refractivity contribution >= 4 is 36.3 Å². The molecule has 123 valence electrons. The minimum absolute atomic E-state index is 0.141. The van der Waals surface area contributed by atoms with Crippen molar-refractivity contribution in [1.82, 2.24) is 5.32 Å². The minimum atomic E-state index is -1.46. The van der Waals surface area contributed by atoms with Gasteiger partial charge in [-0.2, -0.15) is 12.6 Å². The zero-order valence-electron chi connectivity index (χ0n) is 12.9. The number of likely N-dealkylation sites (N-methyl/N-ethyl adjacent to an activating group) is 1. The molecule has 23 heavy (non-hydrogen) atoms. The number of nitrogens with two attached hydrogens (primary N) is 1. The smallest absolute Gasteiger partial charge is 0.255 e. The lowest BCUT2D eigenvalue weighted by Crippen LogP contribution is -2.65. The van der Waals surface area contributed by atoms with Crippen LogP contribution in [0, 0.1) is 0 Å². The number of Topliss-reactive ketones (excluding diaryl/α,β-unsaturated/α-hetero) is 1. The van der Waals surface area contributed by atoms with Gasteiger partial charge in [-0.3, -0.25) is 14.4 Å². The van der Waals surface area contributed by atoms with E-state index >= 15 is 0 Å². The second-order valence-corrected chi connectivity index (χ2v) is 5.84. The van der Waals surface area contributed by atoms with Gasteiger partial charge in [-0.25, -0.2) is 0 Å². The SMILES string of the molecule is CNC1(C(=O)C(N)CS)CCc2ccccc2N(C[C]=O)C1=O. The molecular weight excluding hydrogens is 314 g/mol. The molecule has 3 N–H and O–H groups in total. The number of benzene rings is 1. The molecule has 0 spiro atoms. The largest absolute Gasteiger partial charge is 0.321 e. The minimum Gasteiger partial charge on any atom is -0.321 e. The van der Waals surface area contributed by atoms with Crippen molar-refractivity contribution in [3.8, 4) is 0 Å². The number of ketones is 1. The lowest BCUT2D eigenvalue weighted by atomic mass is 9.84. The van der Waals surface area contributed by atoms with E-state index in [1.807, 2.05) is 12.1 Å². The number of fused-ring (bicyclic) bond motifs is 1. The van der Waals surface area contributed by atoms with Crippen molar-refractivity contribution in [2.45, 2.75) is 24.4 Å². The van der Waals surface area contributed by atoms with Crippen LogP contribution in [0.2, 0.25) is 0 Å². The lowest BCUT2D eigenvalue weighted by Gasteiger charge is -2.34. The molecular formula is C16H20N3O3S. The first kappa shape index (κ1) is 17.7. The van der Waals surface area contributed by atoms with Gasteiger partial charge in [-0.05, 0) is 31.5 Å². The predicted octanol–water partition coefficient (Wildman–Crippen LogP) is -0.140. The van der Waals surface area contributed by atoms with E-state index in [1.54, 1.807) is 25.5 Å². The maximum absolute atomic E-state index is 13.1. The number of para-hydroxylation sites is 1. The molecule has 0 fully saturated rings. The van der Waals surface area contributed by atoms with Gasteiger partial charge in [0.1, 0.15) is 0 Å². The van der Waals surface area contributed by atoms with E-state index in [0.29, 0.717) is 12.1 Å². The number of hydrogen-bond acceptors (Lipinski definition) is 6. The molecule has 2 atom stereocenters. The Morgan fingerprint density at radius 3 is 2.83 bits per heavy atom. The number of rotatable bonds is 6. The van der Waals surface area contributed by atoms with E-state index in [9.17, 15) is 14.4 Å². The van der Waals surface area contributed by atoms with Gasteiger partial charge in [-0.15, -0.1) is 0 Å². The van der Waals surface area contributed by atoms with Crippen molar-refractivity contribution < 1.29 is 14.4 Å². The van der Waals surface area contributed by atoms with Crippen LogP contribution in [-0.4, -0.2) is 48.9 Å². The summed E-state index contributed by atoms with van der Waals surface area (Å²) in [7, 11) is 1.56. The second-order valence-electron chi connectivity index (χ2n) is 5.47. The van der Waals surface area contributed by atoms with Crippen molar-refractivity contribution in [3.05, 3.63) is 29.8 Å². The van der Waals surface area contributed by atoms with E-state index in [-0.39, 0.29) is 18.7 Å². The van der Waals surface area contributed by atoms with Gasteiger partial charge < -0.3 is 16.0 Å². The first-order valence-electron chi connectivity index (χ1n) is 7.36. The van der Waals surface area contributed by atoms with Gasteiger partial charge in [0.15, 0.2) is 11.3 Å². The van der Waals surface area contributed by atoms with Gasteiger partial charge in [0.05, 0.1) is 12.6 Å². The zero-order chi connectivity index (χ0) is 17.0. The number of hydrogen-bond donors (Lipinski definition) is 3. The number of nitrogens with zero attached hydrogens (tertiary/aromatic N) is 1. The van der Waals surface area contributed by atoms with Gasteiger partial charge in [-0.1, -0.05) is 18.2 Å². The van der Waals surface area contributed by atoms with Crippen molar-refractivity contribution in [2.24, 2.45) is 5.73 Å². The Hall–Kier alpha value is -1.70. The van der Waals surface area contributed by atoms with Gasteiger partial charge >= 0.3 is 0 Å². The summed E-state index contributed by atoms with van der Waals surface area (Å²) in [6.45, 7) is -0.233. The molecule has 0 bridgehead atoms. The third-order valence-corrected chi connectivity index (χ3v) is 4.66. The molecule has 0 saturated carbocycles. The Morgan fingerprint density at radius 1 is 1.52 bits per heavy atom. The van der Waals surface area contributed by atoms with E-state index in [0.717, 1.165) is 5.56 Å². The molecule has 7 heteroatoms.